The number of nitrogens with zero attached hydrogens (tertiary/aromatic N) is 1. The van der Waals surface area contributed by atoms with Crippen LogP contribution in [0.25, 0.3) is 0 Å². The fourth-order valence-corrected chi connectivity index (χ4v) is 5.39. The average molecular weight is 479 g/mol. The summed E-state index contributed by atoms with van der Waals surface area (Å²) in [5.74, 6) is -0.632. The van der Waals surface area contributed by atoms with Gasteiger partial charge < -0.3 is 29.5 Å². The van der Waals surface area contributed by atoms with Crippen LogP contribution in [0.2, 0.25) is 0 Å². The molecule has 2 N–H and O–H groups in total. The number of carbonyl (C=O) groups excluding carboxylic acids is 2. The van der Waals surface area contributed by atoms with E-state index >= 15 is 0 Å². The van der Waals surface area contributed by atoms with E-state index in [0.29, 0.717) is 50.8 Å². The van der Waals surface area contributed by atoms with Gasteiger partial charge in [0.1, 0.15) is 23.8 Å². The molecule has 4 rings (SSSR count). The second-order valence-corrected chi connectivity index (χ2v) is 10.6. The monoisotopic (exact) mass is 478 g/mol. The highest BCUT2D eigenvalue weighted by atomic mass is 19.1. The van der Waals surface area contributed by atoms with Crippen LogP contribution in [-0.2, 0) is 19.0 Å². The van der Waals surface area contributed by atoms with E-state index in [2.05, 4.69) is 5.32 Å². The molecule has 2 saturated heterocycles. The number of ether oxygens (including phenoxy) is 3. The van der Waals surface area contributed by atoms with Crippen molar-refractivity contribution < 1.29 is 33.3 Å². The van der Waals surface area contributed by atoms with E-state index in [1.165, 1.54) is 18.2 Å². The number of nitrogens with one attached hydrogen (secondary N) is 1. The zero-order valence-corrected chi connectivity index (χ0v) is 20.1. The first-order valence-corrected chi connectivity index (χ1v) is 12.1. The Morgan fingerprint density at radius 1 is 1.29 bits per heavy atom. The molecule has 2 atom stereocenters. The first-order chi connectivity index (χ1) is 16.1. The van der Waals surface area contributed by atoms with Crippen molar-refractivity contribution in [3.63, 3.8) is 0 Å². The number of carbonyl (C=O) groups is 2. The molecule has 1 aromatic carbocycles. The molecule has 3 fully saturated rings. The molecule has 2 heterocycles. The highest BCUT2D eigenvalue weighted by Gasteiger charge is 2.53. The van der Waals surface area contributed by atoms with Crippen molar-refractivity contribution in [1.82, 2.24) is 10.2 Å². The first-order valence-electron chi connectivity index (χ1n) is 12.1. The normalized spacial score (nSPS) is 29.8. The molecule has 2 amide bonds. The van der Waals surface area contributed by atoms with Gasteiger partial charge in [0.15, 0.2) is 0 Å². The van der Waals surface area contributed by atoms with Crippen LogP contribution in [0, 0.1) is 5.82 Å². The molecule has 0 radical (unpaired) electrons. The lowest BCUT2D eigenvalue weighted by atomic mass is 9.82. The van der Waals surface area contributed by atoms with Gasteiger partial charge in [0, 0.05) is 12.1 Å². The molecule has 9 heteroatoms. The number of hydrogen-bond donors (Lipinski definition) is 2. The highest BCUT2D eigenvalue weighted by molar-refractivity contribution is 5.79. The Bertz CT molecular complexity index is 891. The summed E-state index contributed by atoms with van der Waals surface area (Å²) in [4.78, 5) is 26.7. The van der Waals surface area contributed by atoms with E-state index in [9.17, 15) is 19.1 Å². The predicted molar refractivity (Wildman–Crippen MR) is 122 cm³/mol. The van der Waals surface area contributed by atoms with Gasteiger partial charge in [-0.25, -0.2) is 9.18 Å². The molecule has 0 aromatic heterocycles. The first kappa shape index (κ1) is 24.7. The van der Waals surface area contributed by atoms with Crippen LogP contribution in [0.1, 0.15) is 64.4 Å². The molecule has 1 aromatic rings. The summed E-state index contributed by atoms with van der Waals surface area (Å²) in [5.41, 5.74) is -0.960. The number of likely N-dealkylation sites (tertiary alicyclic amines) is 1. The summed E-state index contributed by atoms with van der Waals surface area (Å²) in [6, 6.07) is 3.99. The zero-order chi connectivity index (χ0) is 24.5. The molecule has 2 unspecified atom stereocenters. The Morgan fingerprint density at radius 3 is 2.68 bits per heavy atom. The van der Waals surface area contributed by atoms with Gasteiger partial charge in [-0.15, -0.1) is 0 Å². The SMILES string of the molecule is CC(C)(C)OC(=O)N1CCC2(COCC(=O)N2)C1CO[C@H]1CC[C@@H](c2c(O)cccc2F)CC1. The number of phenols is 1. The number of aromatic hydroxyl groups is 1. The van der Waals surface area contributed by atoms with Gasteiger partial charge >= 0.3 is 6.09 Å². The quantitative estimate of drug-likeness (QED) is 0.688. The maximum atomic E-state index is 14.3. The summed E-state index contributed by atoms with van der Waals surface area (Å²) < 4.78 is 31.7. The van der Waals surface area contributed by atoms with E-state index in [1.807, 2.05) is 20.8 Å². The number of amides is 2. The second-order valence-electron chi connectivity index (χ2n) is 10.6. The van der Waals surface area contributed by atoms with Crippen LogP contribution in [-0.4, -0.2) is 71.7 Å². The predicted octanol–water partition coefficient (Wildman–Crippen LogP) is 3.47. The summed E-state index contributed by atoms with van der Waals surface area (Å²) in [5, 5.41) is 13.2. The molecule has 1 spiro atoms. The standard InChI is InChI=1S/C25H35FN2O6/c1-24(2,3)34-23(31)28-12-11-25(15-32-14-21(30)27-25)20(28)13-33-17-9-7-16(8-10-17)22-18(26)5-4-6-19(22)29/h4-6,16-17,20,29H,7-15H2,1-3H3,(H,27,30)/t16-,17+,20?,25?. The molecule has 1 saturated carbocycles. The molecular weight excluding hydrogens is 443 g/mol. The molecule has 1 aliphatic carbocycles. The van der Waals surface area contributed by atoms with Crippen molar-refractivity contribution >= 4 is 12.0 Å². The van der Waals surface area contributed by atoms with E-state index in [-0.39, 0.29) is 42.7 Å². The van der Waals surface area contributed by atoms with E-state index in [4.69, 9.17) is 14.2 Å². The van der Waals surface area contributed by atoms with Crippen LogP contribution in [0.5, 0.6) is 5.75 Å². The van der Waals surface area contributed by atoms with Crippen LogP contribution in [0.3, 0.4) is 0 Å². The molecular formula is C25H35FN2O6. The van der Waals surface area contributed by atoms with Crippen molar-refractivity contribution in [2.45, 2.75) is 82.1 Å². The number of phenolic OH excluding ortho intramolecular Hbond substituents is 1. The molecule has 8 nitrogen and oxygen atoms in total. The summed E-state index contributed by atoms with van der Waals surface area (Å²) in [6.45, 7) is 6.45. The molecule has 2 aliphatic heterocycles. The summed E-state index contributed by atoms with van der Waals surface area (Å²) >= 11 is 0. The minimum absolute atomic E-state index is 0.00157. The van der Waals surface area contributed by atoms with Crippen molar-refractivity contribution in [3.8, 4) is 5.75 Å². The number of rotatable bonds is 4. The van der Waals surface area contributed by atoms with Gasteiger partial charge in [-0.2, -0.15) is 0 Å². The van der Waals surface area contributed by atoms with Gasteiger partial charge in [-0.3, -0.25) is 4.79 Å². The third kappa shape index (κ3) is 5.30. The second kappa shape index (κ2) is 9.70. The minimum atomic E-state index is -0.706. The van der Waals surface area contributed by atoms with Crippen LogP contribution in [0.15, 0.2) is 18.2 Å². The average Bonchev–Trinajstić information content (AvgIpc) is 3.09. The van der Waals surface area contributed by atoms with Gasteiger partial charge in [-0.05, 0) is 70.9 Å². The number of morpholine rings is 1. The third-order valence-electron chi connectivity index (χ3n) is 7.02. The van der Waals surface area contributed by atoms with Crippen LogP contribution < -0.4 is 5.32 Å². The molecule has 3 aliphatic rings. The Balaban J connectivity index is 1.41. The van der Waals surface area contributed by atoms with Crippen molar-refractivity contribution in [3.05, 3.63) is 29.6 Å². The van der Waals surface area contributed by atoms with Crippen molar-refractivity contribution in [2.75, 3.05) is 26.4 Å². The number of halogens is 1. The Morgan fingerprint density at radius 2 is 2.03 bits per heavy atom. The van der Waals surface area contributed by atoms with Gasteiger partial charge in [0.25, 0.3) is 0 Å². The van der Waals surface area contributed by atoms with Crippen molar-refractivity contribution in [1.29, 1.82) is 0 Å². The smallest absolute Gasteiger partial charge is 0.410 e. The largest absolute Gasteiger partial charge is 0.508 e. The van der Waals surface area contributed by atoms with Crippen molar-refractivity contribution in [2.24, 2.45) is 0 Å². The van der Waals surface area contributed by atoms with Crippen LogP contribution >= 0.6 is 0 Å². The number of benzene rings is 1. The Kier molecular flexibility index (Phi) is 7.05. The van der Waals surface area contributed by atoms with E-state index < -0.39 is 23.3 Å². The maximum absolute atomic E-state index is 14.3. The van der Waals surface area contributed by atoms with Gasteiger partial charge in [0.2, 0.25) is 5.91 Å². The molecule has 34 heavy (non-hydrogen) atoms. The van der Waals surface area contributed by atoms with E-state index in [0.717, 1.165) is 0 Å². The highest BCUT2D eigenvalue weighted by Crippen LogP contribution is 2.40. The number of hydrogen-bond acceptors (Lipinski definition) is 6. The minimum Gasteiger partial charge on any atom is -0.508 e. The lowest BCUT2D eigenvalue weighted by Crippen LogP contribution is -2.65. The molecule has 188 valence electrons. The fraction of sp³-hybridized carbons (Fsp3) is 0.680. The third-order valence-corrected chi connectivity index (χ3v) is 7.02. The van der Waals surface area contributed by atoms with Gasteiger partial charge in [0.05, 0.1) is 30.9 Å². The molecule has 0 bridgehead atoms. The summed E-state index contributed by atoms with van der Waals surface area (Å²) in [6.07, 6.45) is 2.90. The Labute approximate surface area is 199 Å². The zero-order valence-electron chi connectivity index (χ0n) is 20.1. The fourth-order valence-electron chi connectivity index (χ4n) is 5.39. The lowest BCUT2D eigenvalue weighted by Gasteiger charge is -2.41. The maximum Gasteiger partial charge on any atom is 0.410 e. The van der Waals surface area contributed by atoms with Crippen LogP contribution in [0.4, 0.5) is 9.18 Å². The van der Waals surface area contributed by atoms with Gasteiger partial charge in [-0.1, -0.05) is 6.07 Å². The summed E-state index contributed by atoms with van der Waals surface area (Å²) in [7, 11) is 0. The van der Waals surface area contributed by atoms with E-state index in [1.54, 1.807) is 4.90 Å². The lowest BCUT2D eigenvalue weighted by molar-refractivity contribution is -0.137. The Hall–Kier alpha value is -2.39. The topological polar surface area (TPSA) is 97.3 Å².